The number of likely N-dealkylation sites (N-methyl/N-ethyl adjacent to an activating group) is 1. The minimum Gasteiger partial charge on any atom is -0.395 e. The van der Waals surface area contributed by atoms with Crippen LogP contribution in [0.25, 0.3) is 0 Å². The highest BCUT2D eigenvalue weighted by atomic mass is 19.1. The average Bonchev–Trinajstić information content (AvgIpc) is 2.80. The normalized spacial score (nSPS) is 15.8. The Balaban J connectivity index is 1.57. The molecule has 7 heteroatoms. The molecule has 1 fully saturated rings. The first-order valence-electron chi connectivity index (χ1n) is 11.5. The standard InChI is InChI=1S/C26H34FN3O3/c1-17-15-21(26(33)29(4)13-14-31)5-7-23(17)19(3)30-11-9-22(10-12-30)28-25(32)20-6-8-24(27)18(2)16-20/h5-8,15-16,19,22,31H,9-14H2,1-4H3,(H,28,32). The van der Waals surface area contributed by atoms with E-state index in [2.05, 4.69) is 17.1 Å². The van der Waals surface area contributed by atoms with Gasteiger partial charge in [-0.3, -0.25) is 14.5 Å². The molecule has 2 aromatic rings. The van der Waals surface area contributed by atoms with Crippen LogP contribution >= 0.6 is 0 Å². The zero-order valence-electron chi connectivity index (χ0n) is 19.9. The zero-order valence-corrected chi connectivity index (χ0v) is 19.9. The van der Waals surface area contributed by atoms with Crippen LogP contribution in [0, 0.1) is 19.7 Å². The van der Waals surface area contributed by atoms with Gasteiger partial charge in [-0.05, 0) is 80.6 Å². The Morgan fingerprint density at radius 2 is 1.76 bits per heavy atom. The molecule has 2 aromatic carbocycles. The van der Waals surface area contributed by atoms with Crippen molar-refractivity contribution in [1.82, 2.24) is 15.1 Å². The van der Waals surface area contributed by atoms with Crippen molar-refractivity contribution in [3.8, 4) is 0 Å². The van der Waals surface area contributed by atoms with Crippen molar-refractivity contribution in [2.45, 2.75) is 45.7 Å². The summed E-state index contributed by atoms with van der Waals surface area (Å²) in [6.07, 6.45) is 1.69. The largest absolute Gasteiger partial charge is 0.395 e. The molecule has 0 radical (unpaired) electrons. The second-order valence-electron chi connectivity index (χ2n) is 8.95. The fourth-order valence-electron chi connectivity index (χ4n) is 4.43. The number of nitrogens with one attached hydrogen (secondary N) is 1. The topological polar surface area (TPSA) is 72.9 Å². The van der Waals surface area contributed by atoms with Crippen LogP contribution in [0.4, 0.5) is 4.39 Å². The quantitative estimate of drug-likeness (QED) is 0.671. The van der Waals surface area contributed by atoms with Gasteiger partial charge in [0.1, 0.15) is 5.82 Å². The van der Waals surface area contributed by atoms with Crippen molar-refractivity contribution in [1.29, 1.82) is 0 Å². The third kappa shape index (κ3) is 5.97. The number of rotatable bonds is 7. The van der Waals surface area contributed by atoms with E-state index in [9.17, 15) is 14.0 Å². The van der Waals surface area contributed by atoms with E-state index in [0.29, 0.717) is 23.2 Å². The maximum atomic E-state index is 13.5. The molecular formula is C26H34FN3O3. The number of carbonyl (C=O) groups excluding carboxylic acids is 2. The molecule has 1 heterocycles. The Hall–Kier alpha value is -2.77. The van der Waals surface area contributed by atoms with E-state index in [1.807, 2.05) is 25.1 Å². The molecule has 33 heavy (non-hydrogen) atoms. The molecule has 1 aliphatic rings. The van der Waals surface area contributed by atoms with Gasteiger partial charge in [-0.15, -0.1) is 0 Å². The van der Waals surface area contributed by atoms with Crippen LogP contribution in [0.5, 0.6) is 0 Å². The predicted octanol–water partition coefficient (Wildman–Crippen LogP) is 3.46. The van der Waals surface area contributed by atoms with Crippen LogP contribution in [0.15, 0.2) is 36.4 Å². The van der Waals surface area contributed by atoms with Crippen molar-refractivity contribution in [2.24, 2.45) is 0 Å². The lowest BCUT2D eigenvalue weighted by Gasteiger charge is -2.37. The van der Waals surface area contributed by atoms with E-state index in [4.69, 9.17) is 5.11 Å². The third-order valence-electron chi connectivity index (χ3n) is 6.58. The number of likely N-dealkylation sites (tertiary alicyclic amines) is 1. The number of halogens is 1. The van der Waals surface area contributed by atoms with Gasteiger partial charge in [-0.1, -0.05) is 6.07 Å². The molecule has 2 N–H and O–H groups in total. The molecule has 0 spiro atoms. The van der Waals surface area contributed by atoms with E-state index in [-0.39, 0.29) is 36.3 Å². The van der Waals surface area contributed by atoms with Crippen molar-refractivity contribution in [2.75, 3.05) is 33.3 Å². The fourth-order valence-corrected chi connectivity index (χ4v) is 4.43. The molecule has 0 aliphatic carbocycles. The SMILES string of the molecule is Cc1cc(C(=O)NC2CCN(C(C)c3ccc(C(=O)N(C)CCO)cc3C)CC2)ccc1F. The number of aryl methyl sites for hydroxylation is 2. The Labute approximate surface area is 195 Å². The van der Waals surface area contributed by atoms with Gasteiger partial charge < -0.3 is 15.3 Å². The number of aliphatic hydroxyl groups is 1. The van der Waals surface area contributed by atoms with Crippen LogP contribution in [0.1, 0.15) is 63.2 Å². The minimum absolute atomic E-state index is 0.0592. The number of amides is 2. The molecule has 6 nitrogen and oxygen atoms in total. The number of carbonyl (C=O) groups is 2. The van der Waals surface area contributed by atoms with Crippen molar-refractivity contribution in [3.05, 3.63) is 70.0 Å². The smallest absolute Gasteiger partial charge is 0.253 e. The van der Waals surface area contributed by atoms with Gasteiger partial charge in [0.15, 0.2) is 0 Å². The summed E-state index contributed by atoms with van der Waals surface area (Å²) in [5.74, 6) is -0.565. The van der Waals surface area contributed by atoms with E-state index in [0.717, 1.165) is 31.5 Å². The third-order valence-corrected chi connectivity index (χ3v) is 6.58. The molecule has 178 valence electrons. The van der Waals surface area contributed by atoms with Crippen molar-refractivity contribution in [3.63, 3.8) is 0 Å². The van der Waals surface area contributed by atoms with Gasteiger partial charge in [0.25, 0.3) is 11.8 Å². The molecule has 1 atom stereocenters. The van der Waals surface area contributed by atoms with Gasteiger partial charge in [-0.2, -0.15) is 0 Å². The number of piperidine rings is 1. The molecule has 3 rings (SSSR count). The monoisotopic (exact) mass is 455 g/mol. The average molecular weight is 456 g/mol. The van der Waals surface area contributed by atoms with E-state index in [1.165, 1.54) is 22.6 Å². The molecular weight excluding hydrogens is 421 g/mol. The molecule has 0 aromatic heterocycles. The lowest BCUT2D eigenvalue weighted by Crippen LogP contribution is -2.45. The van der Waals surface area contributed by atoms with Crippen LogP contribution in [-0.4, -0.2) is 66.1 Å². The van der Waals surface area contributed by atoms with Crippen LogP contribution < -0.4 is 5.32 Å². The van der Waals surface area contributed by atoms with Gasteiger partial charge >= 0.3 is 0 Å². The summed E-state index contributed by atoms with van der Waals surface area (Å²) >= 11 is 0. The summed E-state index contributed by atoms with van der Waals surface area (Å²) in [4.78, 5) is 28.9. The molecule has 1 aliphatic heterocycles. The summed E-state index contributed by atoms with van der Waals surface area (Å²) in [5, 5.41) is 12.1. The summed E-state index contributed by atoms with van der Waals surface area (Å²) < 4.78 is 13.5. The van der Waals surface area contributed by atoms with Crippen LogP contribution in [0.2, 0.25) is 0 Å². The number of hydrogen-bond donors (Lipinski definition) is 2. The number of nitrogens with zero attached hydrogens (tertiary/aromatic N) is 2. The van der Waals surface area contributed by atoms with Gasteiger partial charge in [0.05, 0.1) is 6.61 Å². The van der Waals surface area contributed by atoms with E-state index in [1.54, 1.807) is 20.0 Å². The Morgan fingerprint density at radius 3 is 2.36 bits per heavy atom. The molecule has 1 saturated heterocycles. The highest BCUT2D eigenvalue weighted by Gasteiger charge is 2.26. The van der Waals surface area contributed by atoms with Gasteiger partial charge in [0, 0.05) is 49.9 Å². The van der Waals surface area contributed by atoms with Crippen LogP contribution in [0.3, 0.4) is 0 Å². The maximum absolute atomic E-state index is 13.5. The van der Waals surface area contributed by atoms with Gasteiger partial charge in [-0.25, -0.2) is 4.39 Å². The Bertz CT molecular complexity index is 1000. The number of aliphatic hydroxyl groups excluding tert-OH is 1. The lowest BCUT2D eigenvalue weighted by molar-refractivity contribution is 0.0766. The second kappa shape index (κ2) is 10.9. The second-order valence-corrected chi connectivity index (χ2v) is 8.95. The molecule has 2 amide bonds. The summed E-state index contributed by atoms with van der Waals surface area (Å²) in [6, 6.07) is 10.5. The van der Waals surface area contributed by atoms with Crippen LogP contribution in [-0.2, 0) is 0 Å². The fraction of sp³-hybridized carbons (Fsp3) is 0.462. The van der Waals surface area contributed by atoms with Gasteiger partial charge in [0.2, 0.25) is 0 Å². The Morgan fingerprint density at radius 1 is 1.12 bits per heavy atom. The first-order valence-corrected chi connectivity index (χ1v) is 11.5. The first kappa shape index (κ1) is 24.9. The molecule has 1 unspecified atom stereocenters. The lowest BCUT2D eigenvalue weighted by atomic mass is 9.95. The predicted molar refractivity (Wildman–Crippen MR) is 127 cm³/mol. The number of benzene rings is 2. The van der Waals surface area contributed by atoms with E-state index < -0.39 is 0 Å². The molecule has 0 bridgehead atoms. The number of hydrogen-bond acceptors (Lipinski definition) is 4. The highest BCUT2D eigenvalue weighted by Crippen LogP contribution is 2.27. The van der Waals surface area contributed by atoms with Crippen molar-refractivity contribution < 1.29 is 19.1 Å². The minimum atomic E-state index is -0.307. The van der Waals surface area contributed by atoms with E-state index >= 15 is 0 Å². The molecule has 0 saturated carbocycles. The zero-order chi connectivity index (χ0) is 24.1. The van der Waals surface area contributed by atoms with Crippen molar-refractivity contribution >= 4 is 11.8 Å². The summed E-state index contributed by atoms with van der Waals surface area (Å²) in [7, 11) is 1.69. The summed E-state index contributed by atoms with van der Waals surface area (Å²) in [5.41, 5.74) is 3.82. The summed E-state index contributed by atoms with van der Waals surface area (Å²) in [6.45, 7) is 7.80. The maximum Gasteiger partial charge on any atom is 0.253 e. The Kier molecular flexibility index (Phi) is 8.21. The first-order chi connectivity index (χ1) is 15.7. The highest BCUT2D eigenvalue weighted by molar-refractivity contribution is 5.95.